The third kappa shape index (κ3) is 4.32. The lowest BCUT2D eigenvalue weighted by Gasteiger charge is -2.31. The molecule has 1 heterocycles. The zero-order valence-electron chi connectivity index (χ0n) is 11.2. The first-order valence-electron chi connectivity index (χ1n) is 6.74. The van der Waals surface area contributed by atoms with E-state index >= 15 is 0 Å². The number of carboxylic acid groups (broad SMARTS) is 1. The lowest BCUT2D eigenvalue weighted by Crippen LogP contribution is -2.33. The fraction of sp³-hybridized carbons (Fsp3) is 0.533. The van der Waals surface area contributed by atoms with Gasteiger partial charge < -0.3 is 5.11 Å². The molecule has 0 spiro atoms. The van der Waals surface area contributed by atoms with Crippen molar-refractivity contribution in [3.05, 3.63) is 33.8 Å². The molecule has 1 fully saturated rings. The van der Waals surface area contributed by atoms with Crippen molar-refractivity contribution in [2.45, 2.75) is 32.7 Å². The first kappa shape index (κ1) is 14.5. The van der Waals surface area contributed by atoms with E-state index in [4.69, 9.17) is 5.11 Å². The summed E-state index contributed by atoms with van der Waals surface area (Å²) >= 11 is 3.56. The lowest BCUT2D eigenvalue weighted by molar-refractivity contribution is -0.138. The summed E-state index contributed by atoms with van der Waals surface area (Å²) in [6.07, 6.45) is 2.32. The second-order valence-corrected chi connectivity index (χ2v) is 6.26. The van der Waals surface area contributed by atoms with Crippen molar-refractivity contribution in [1.82, 2.24) is 4.90 Å². The molecule has 0 radical (unpaired) electrons. The van der Waals surface area contributed by atoms with Gasteiger partial charge in [-0.15, -0.1) is 0 Å². The Kier molecular flexibility index (Phi) is 4.99. The highest BCUT2D eigenvalue weighted by atomic mass is 79.9. The average Bonchev–Trinajstić information content (AvgIpc) is 2.36. The third-order valence-corrected chi connectivity index (χ3v) is 4.67. The summed E-state index contributed by atoms with van der Waals surface area (Å²) in [5.41, 5.74) is 2.57. The number of rotatable bonds is 4. The van der Waals surface area contributed by atoms with Gasteiger partial charge in [0.2, 0.25) is 0 Å². The van der Waals surface area contributed by atoms with Crippen LogP contribution in [0.3, 0.4) is 0 Å². The summed E-state index contributed by atoms with van der Waals surface area (Å²) in [7, 11) is 0. The van der Waals surface area contributed by atoms with Crippen LogP contribution in [0, 0.1) is 12.8 Å². The van der Waals surface area contributed by atoms with Gasteiger partial charge >= 0.3 is 5.97 Å². The highest BCUT2D eigenvalue weighted by Gasteiger charge is 2.21. The number of aryl methyl sites for hydroxylation is 1. The van der Waals surface area contributed by atoms with Crippen LogP contribution in [-0.4, -0.2) is 29.1 Å². The molecule has 104 valence electrons. The predicted molar refractivity (Wildman–Crippen MR) is 79.1 cm³/mol. The summed E-state index contributed by atoms with van der Waals surface area (Å²) in [4.78, 5) is 13.1. The highest BCUT2D eigenvalue weighted by molar-refractivity contribution is 9.10. The van der Waals surface area contributed by atoms with Crippen molar-refractivity contribution >= 4 is 21.9 Å². The molecule has 1 aliphatic rings. The highest BCUT2D eigenvalue weighted by Crippen LogP contribution is 2.23. The predicted octanol–water partition coefficient (Wildman–Crippen LogP) is 3.44. The van der Waals surface area contributed by atoms with Gasteiger partial charge in [0.05, 0.1) is 0 Å². The molecule has 4 heteroatoms. The van der Waals surface area contributed by atoms with Gasteiger partial charge in [-0.25, -0.2) is 0 Å². The number of hydrogen-bond acceptors (Lipinski definition) is 2. The lowest BCUT2D eigenvalue weighted by atomic mass is 9.93. The number of aliphatic carboxylic acids is 1. The molecule has 0 bridgehead atoms. The molecular formula is C15H20BrNO2. The Balaban J connectivity index is 1.85. The Morgan fingerprint density at radius 3 is 2.68 bits per heavy atom. The van der Waals surface area contributed by atoms with E-state index in [2.05, 4.69) is 46.0 Å². The molecule has 1 saturated heterocycles. The second kappa shape index (κ2) is 6.53. The van der Waals surface area contributed by atoms with Gasteiger partial charge in [-0.1, -0.05) is 28.1 Å². The van der Waals surface area contributed by atoms with E-state index in [1.165, 1.54) is 11.1 Å². The zero-order chi connectivity index (χ0) is 13.8. The van der Waals surface area contributed by atoms with Gasteiger partial charge in [0.1, 0.15) is 0 Å². The molecule has 0 aromatic heterocycles. The van der Waals surface area contributed by atoms with E-state index in [9.17, 15) is 4.79 Å². The molecule has 1 aromatic rings. The third-order valence-electron chi connectivity index (χ3n) is 3.81. The molecule has 0 unspecified atom stereocenters. The second-order valence-electron chi connectivity index (χ2n) is 5.40. The first-order chi connectivity index (χ1) is 9.04. The van der Waals surface area contributed by atoms with Gasteiger partial charge in [0, 0.05) is 17.4 Å². The maximum Gasteiger partial charge on any atom is 0.303 e. The number of nitrogens with zero attached hydrogens (tertiary/aromatic N) is 1. The standard InChI is InChI=1S/C15H20BrNO2/c1-11-2-3-13(8-14(11)16)10-17-6-4-12(5-7-17)9-15(18)19/h2-3,8,12H,4-7,9-10H2,1H3,(H,18,19). The molecule has 0 atom stereocenters. The van der Waals surface area contributed by atoms with E-state index < -0.39 is 5.97 Å². The smallest absolute Gasteiger partial charge is 0.303 e. The normalized spacial score (nSPS) is 17.6. The van der Waals surface area contributed by atoms with Gasteiger partial charge in [-0.05, 0) is 56.0 Å². The molecule has 2 rings (SSSR count). The van der Waals surface area contributed by atoms with Crippen molar-refractivity contribution in [2.24, 2.45) is 5.92 Å². The van der Waals surface area contributed by atoms with E-state index in [0.717, 1.165) is 36.9 Å². The van der Waals surface area contributed by atoms with E-state index in [1.807, 2.05) is 0 Å². The Morgan fingerprint density at radius 2 is 2.11 bits per heavy atom. The topological polar surface area (TPSA) is 40.5 Å². The van der Waals surface area contributed by atoms with Crippen LogP contribution in [0.5, 0.6) is 0 Å². The summed E-state index contributed by atoms with van der Waals surface area (Å²) in [5, 5.41) is 8.80. The van der Waals surface area contributed by atoms with Crippen LogP contribution in [0.15, 0.2) is 22.7 Å². The summed E-state index contributed by atoms with van der Waals surface area (Å²) in [5.74, 6) is -0.306. The molecule has 0 amide bonds. The van der Waals surface area contributed by atoms with Crippen molar-refractivity contribution in [2.75, 3.05) is 13.1 Å². The fourth-order valence-corrected chi connectivity index (χ4v) is 3.01. The quantitative estimate of drug-likeness (QED) is 0.921. The minimum atomic E-state index is -0.666. The average molecular weight is 326 g/mol. The first-order valence-corrected chi connectivity index (χ1v) is 7.53. The summed E-state index contributed by atoms with van der Waals surface area (Å²) in [6, 6.07) is 6.48. The van der Waals surface area contributed by atoms with Gasteiger partial charge in [0.25, 0.3) is 0 Å². The van der Waals surface area contributed by atoms with E-state index in [0.29, 0.717) is 12.3 Å². The number of carbonyl (C=O) groups is 1. The molecule has 19 heavy (non-hydrogen) atoms. The Hall–Kier alpha value is -0.870. The molecule has 0 aliphatic carbocycles. The Morgan fingerprint density at radius 1 is 1.42 bits per heavy atom. The number of hydrogen-bond donors (Lipinski definition) is 1. The van der Waals surface area contributed by atoms with Gasteiger partial charge in [0.15, 0.2) is 0 Å². The number of benzene rings is 1. The summed E-state index contributed by atoms with van der Waals surface area (Å²) in [6.45, 7) is 5.05. The van der Waals surface area contributed by atoms with Crippen LogP contribution in [0.1, 0.15) is 30.4 Å². The molecule has 1 aliphatic heterocycles. The number of carboxylic acids is 1. The molecule has 1 N–H and O–H groups in total. The monoisotopic (exact) mass is 325 g/mol. The van der Waals surface area contributed by atoms with Crippen molar-refractivity contribution < 1.29 is 9.90 Å². The maximum atomic E-state index is 10.7. The Bertz CT molecular complexity index is 453. The van der Waals surface area contributed by atoms with Crippen LogP contribution in [0.2, 0.25) is 0 Å². The van der Waals surface area contributed by atoms with Crippen LogP contribution in [0.25, 0.3) is 0 Å². The minimum absolute atomic E-state index is 0.323. The van der Waals surface area contributed by atoms with Crippen LogP contribution >= 0.6 is 15.9 Å². The maximum absolute atomic E-state index is 10.7. The number of likely N-dealkylation sites (tertiary alicyclic amines) is 1. The zero-order valence-corrected chi connectivity index (χ0v) is 12.8. The molecule has 3 nitrogen and oxygen atoms in total. The van der Waals surface area contributed by atoms with Crippen molar-refractivity contribution in [3.63, 3.8) is 0 Å². The van der Waals surface area contributed by atoms with Crippen LogP contribution < -0.4 is 0 Å². The van der Waals surface area contributed by atoms with Crippen molar-refractivity contribution in [3.8, 4) is 0 Å². The number of halogens is 1. The summed E-state index contributed by atoms with van der Waals surface area (Å²) < 4.78 is 1.16. The van der Waals surface area contributed by atoms with Crippen LogP contribution in [-0.2, 0) is 11.3 Å². The van der Waals surface area contributed by atoms with Gasteiger partial charge in [-0.3, -0.25) is 9.69 Å². The van der Waals surface area contributed by atoms with Gasteiger partial charge in [-0.2, -0.15) is 0 Å². The van der Waals surface area contributed by atoms with Crippen molar-refractivity contribution in [1.29, 1.82) is 0 Å². The molecule has 0 saturated carbocycles. The SMILES string of the molecule is Cc1ccc(CN2CCC(CC(=O)O)CC2)cc1Br. The van der Waals surface area contributed by atoms with E-state index in [1.54, 1.807) is 0 Å². The van der Waals surface area contributed by atoms with E-state index in [-0.39, 0.29) is 0 Å². The number of piperidine rings is 1. The molecular weight excluding hydrogens is 306 g/mol. The minimum Gasteiger partial charge on any atom is -0.481 e. The van der Waals surface area contributed by atoms with Crippen LogP contribution in [0.4, 0.5) is 0 Å². The largest absolute Gasteiger partial charge is 0.481 e. The fourth-order valence-electron chi connectivity index (χ4n) is 2.59. The Labute approximate surface area is 122 Å². The molecule has 1 aromatic carbocycles.